The van der Waals surface area contributed by atoms with E-state index in [1.807, 2.05) is 17.0 Å². The van der Waals surface area contributed by atoms with Gasteiger partial charge in [-0.25, -0.2) is 9.37 Å². The number of halogens is 2. The van der Waals surface area contributed by atoms with Crippen LogP contribution in [0.15, 0.2) is 47.6 Å². The summed E-state index contributed by atoms with van der Waals surface area (Å²) in [5, 5.41) is 7.71. The smallest absolute Gasteiger partial charge is 0.191 e. The van der Waals surface area contributed by atoms with Crippen LogP contribution in [0, 0.1) is 5.82 Å². The first-order valence-electron chi connectivity index (χ1n) is 9.68. The van der Waals surface area contributed by atoms with Crippen LogP contribution in [0.5, 0.6) is 0 Å². The lowest BCUT2D eigenvalue weighted by atomic mass is 9.96. The maximum Gasteiger partial charge on any atom is 0.191 e. The van der Waals surface area contributed by atoms with Gasteiger partial charge in [0.1, 0.15) is 0 Å². The van der Waals surface area contributed by atoms with E-state index < -0.39 is 0 Å². The second-order valence-electron chi connectivity index (χ2n) is 7.60. The Balaban J connectivity index is 1.32. The van der Waals surface area contributed by atoms with Crippen LogP contribution in [0.4, 0.5) is 10.2 Å². The number of hydrogen-bond donors (Lipinski definition) is 2. The predicted octanol–water partition coefficient (Wildman–Crippen LogP) is 3.35. The van der Waals surface area contributed by atoms with Crippen molar-refractivity contribution in [3.05, 3.63) is 59.0 Å². The lowest BCUT2D eigenvalue weighted by Crippen LogP contribution is -2.46. The summed E-state index contributed by atoms with van der Waals surface area (Å²) in [6, 6.07) is 11.4. The molecule has 1 unspecified atom stereocenters. The van der Waals surface area contributed by atoms with Gasteiger partial charge in [0.2, 0.25) is 0 Å². The van der Waals surface area contributed by atoms with Crippen molar-refractivity contribution in [2.75, 3.05) is 31.6 Å². The van der Waals surface area contributed by atoms with Gasteiger partial charge in [-0.05, 0) is 49.1 Å². The first-order valence-corrected chi connectivity index (χ1v) is 10.1. The average molecular weight is 402 g/mol. The Morgan fingerprint density at radius 1 is 1.32 bits per heavy atom. The van der Waals surface area contributed by atoms with E-state index in [1.165, 1.54) is 11.6 Å². The molecule has 1 saturated heterocycles. The zero-order chi connectivity index (χ0) is 19.6. The molecule has 28 heavy (non-hydrogen) atoms. The van der Waals surface area contributed by atoms with Crippen LogP contribution in [0.1, 0.15) is 24.8 Å². The number of aromatic nitrogens is 1. The number of anilines is 1. The third kappa shape index (κ3) is 4.07. The van der Waals surface area contributed by atoms with Gasteiger partial charge in [-0.2, -0.15) is 0 Å². The molecule has 2 N–H and O–H groups in total. The van der Waals surface area contributed by atoms with Gasteiger partial charge in [-0.15, -0.1) is 0 Å². The molecule has 2 aliphatic rings. The maximum absolute atomic E-state index is 14.0. The number of benzene rings is 1. The summed E-state index contributed by atoms with van der Waals surface area (Å²) >= 11 is 6.02. The lowest BCUT2D eigenvalue weighted by Gasteiger charge is -2.22. The Labute approximate surface area is 170 Å². The van der Waals surface area contributed by atoms with Gasteiger partial charge < -0.3 is 15.5 Å². The lowest BCUT2D eigenvalue weighted by molar-refractivity contribution is 0.606. The summed E-state index contributed by atoms with van der Waals surface area (Å²) in [7, 11) is 1.78. The van der Waals surface area contributed by atoms with Crippen molar-refractivity contribution in [3.8, 4) is 0 Å². The van der Waals surface area contributed by atoms with Crippen molar-refractivity contribution in [2.45, 2.75) is 30.7 Å². The van der Waals surface area contributed by atoms with Gasteiger partial charge in [0, 0.05) is 49.4 Å². The standard InChI is InChI=1S/C21H25ClFN5/c1-24-20(26-14-21(9-10-21)15-4-6-16(22)7-5-15)27-17-8-12-28(13-17)19-18(23)3-2-11-25-19/h2-7,11,17H,8-10,12-14H2,1H3,(H2,24,26,27). The highest BCUT2D eigenvalue weighted by Crippen LogP contribution is 2.47. The first-order chi connectivity index (χ1) is 13.6. The Bertz CT molecular complexity index is 850. The molecule has 0 amide bonds. The fraction of sp³-hybridized carbons (Fsp3) is 0.429. The van der Waals surface area contributed by atoms with E-state index in [9.17, 15) is 4.39 Å². The van der Waals surface area contributed by atoms with Crippen LogP contribution in [0.25, 0.3) is 0 Å². The first kappa shape index (κ1) is 19.0. The van der Waals surface area contributed by atoms with Crippen LogP contribution in [0.2, 0.25) is 5.02 Å². The zero-order valence-electron chi connectivity index (χ0n) is 16.0. The predicted molar refractivity (Wildman–Crippen MR) is 112 cm³/mol. The van der Waals surface area contributed by atoms with Crippen molar-refractivity contribution in [2.24, 2.45) is 4.99 Å². The van der Waals surface area contributed by atoms with Gasteiger partial charge in [-0.1, -0.05) is 23.7 Å². The Morgan fingerprint density at radius 2 is 2.11 bits per heavy atom. The molecule has 0 bridgehead atoms. The van der Waals surface area contributed by atoms with Crippen LogP contribution >= 0.6 is 11.6 Å². The highest BCUT2D eigenvalue weighted by molar-refractivity contribution is 6.30. The van der Waals surface area contributed by atoms with E-state index in [-0.39, 0.29) is 17.3 Å². The van der Waals surface area contributed by atoms with Gasteiger partial charge in [0.25, 0.3) is 0 Å². The number of nitrogens with zero attached hydrogens (tertiary/aromatic N) is 3. The zero-order valence-corrected chi connectivity index (χ0v) is 16.7. The van der Waals surface area contributed by atoms with Crippen LogP contribution in [-0.4, -0.2) is 43.7 Å². The molecule has 2 fully saturated rings. The normalized spacial score (nSPS) is 20.9. The monoisotopic (exact) mass is 401 g/mol. The maximum atomic E-state index is 14.0. The molecule has 0 radical (unpaired) electrons. The van der Waals surface area contributed by atoms with Gasteiger partial charge in [-0.3, -0.25) is 4.99 Å². The number of nitrogens with one attached hydrogen (secondary N) is 2. The minimum atomic E-state index is -0.274. The Kier molecular flexibility index (Phi) is 5.40. The van der Waals surface area contributed by atoms with Gasteiger partial charge >= 0.3 is 0 Å². The molecule has 2 aromatic rings. The molecular formula is C21H25ClFN5. The molecule has 1 saturated carbocycles. The van der Waals surface area contributed by atoms with Crippen molar-refractivity contribution >= 4 is 23.4 Å². The minimum Gasteiger partial charge on any atom is -0.356 e. The van der Waals surface area contributed by atoms with E-state index in [0.29, 0.717) is 12.4 Å². The summed E-state index contributed by atoms with van der Waals surface area (Å²) in [5.41, 5.74) is 1.48. The van der Waals surface area contributed by atoms with E-state index in [4.69, 9.17) is 11.6 Å². The molecule has 0 spiro atoms. The number of pyridine rings is 1. The van der Waals surface area contributed by atoms with E-state index in [0.717, 1.165) is 43.3 Å². The third-order valence-electron chi connectivity index (χ3n) is 5.70. The molecule has 5 nitrogen and oxygen atoms in total. The van der Waals surface area contributed by atoms with Gasteiger partial charge in [0.15, 0.2) is 17.6 Å². The molecule has 1 aliphatic heterocycles. The Morgan fingerprint density at radius 3 is 2.79 bits per heavy atom. The van der Waals surface area contributed by atoms with Crippen molar-refractivity contribution in [1.29, 1.82) is 0 Å². The number of guanidine groups is 1. The van der Waals surface area contributed by atoms with E-state index in [1.54, 1.807) is 19.3 Å². The van der Waals surface area contributed by atoms with Crippen LogP contribution in [-0.2, 0) is 5.41 Å². The Hall–Kier alpha value is -2.34. The number of aliphatic imine (C=N–C) groups is 1. The summed E-state index contributed by atoms with van der Waals surface area (Å²) < 4.78 is 14.0. The van der Waals surface area contributed by atoms with Crippen molar-refractivity contribution in [3.63, 3.8) is 0 Å². The molecule has 1 aromatic heterocycles. The topological polar surface area (TPSA) is 52.6 Å². The summed E-state index contributed by atoms with van der Waals surface area (Å²) in [5.74, 6) is 0.937. The molecule has 7 heteroatoms. The minimum absolute atomic E-state index is 0.168. The molecule has 2 heterocycles. The second kappa shape index (κ2) is 7.95. The second-order valence-corrected chi connectivity index (χ2v) is 8.03. The molecule has 1 atom stereocenters. The summed E-state index contributed by atoms with van der Waals surface area (Å²) in [4.78, 5) is 10.5. The molecule has 148 valence electrons. The highest BCUT2D eigenvalue weighted by atomic mass is 35.5. The van der Waals surface area contributed by atoms with E-state index in [2.05, 4.69) is 32.7 Å². The van der Waals surface area contributed by atoms with Gasteiger partial charge in [0.05, 0.1) is 0 Å². The average Bonchev–Trinajstić information content (AvgIpc) is 3.36. The van der Waals surface area contributed by atoms with Crippen LogP contribution < -0.4 is 15.5 Å². The SMILES string of the molecule is CN=C(NCC1(c2ccc(Cl)cc2)CC1)NC1CCN(c2ncccc2F)C1. The largest absolute Gasteiger partial charge is 0.356 e. The third-order valence-corrected chi connectivity index (χ3v) is 5.95. The molecule has 4 rings (SSSR count). The number of hydrogen-bond acceptors (Lipinski definition) is 3. The molecule has 1 aromatic carbocycles. The summed E-state index contributed by atoms with van der Waals surface area (Å²) in [6.45, 7) is 2.31. The van der Waals surface area contributed by atoms with E-state index >= 15 is 0 Å². The number of rotatable bonds is 5. The van der Waals surface area contributed by atoms with Crippen LogP contribution in [0.3, 0.4) is 0 Å². The quantitative estimate of drug-likeness (QED) is 0.596. The fourth-order valence-electron chi connectivity index (χ4n) is 3.84. The molecular weight excluding hydrogens is 377 g/mol. The fourth-order valence-corrected chi connectivity index (χ4v) is 3.97. The molecule has 1 aliphatic carbocycles. The summed E-state index contributed by atoms with van der Waals surface area (Å²) in [6.07, 6.45) is 4.87. The van der Waals surface area contributed by atoms with Crippen molar-refractivity contribution in [1.82, 2.24) is 15.6 Å². The van der Waals surface area contributed by atoms with Crippen molar-refractivity contribution < 1.29 is 4.39 Å². The highest BCUT2D eigenvalue weighted by Gasteiger charge is 2.44.